The highest BCUT2D eigenvalue weighted by Gasteiger charge is 2.32. The first-order valence-electron chi connectivity index (χ1n) is 6.65. The van der Waals surface area contributed by atoms with E-state index in [4.69, 9.17) is 4.42 Å². The van der Waals surface area contributed by atoms with Gasteiger partial charge in [-0.1, -0.05) is 0 Å². The van der Waals surface area contributed by atoms with Crippen LogP contribution in [0, 0.1) is 5.92 Å². The summed E-state index contributed by atoms with van der Waals surface area (Å²) in [4.78, 5) is 11.8. The Morgan fingerprint density at radius 3 is 3.00 bits per heavy atom. The normalized spacial score (nSPS) is 20.9. The first-order chi connectivity index (χ1) is 9.57. The molecule has 2 rings (SSSR count). The molecule has 0 aliphatic carbocycles. The Bertz CT molecular complexity index is 525. The molecule has 1 N–H and O–H groups in total. The number of rotatable bonds is 7. The molecule has 1 fully saturated rings. The van der Waals surface area contributed by atoms with Crippen molar-refractivity contribution in [2.75, 3.05) is 23.8 Å². The molecule has 0 spiro atoms. The molecule has 1 aromatic rings. The Morgan fingerprint density at radius 1 is 1.50 bits per heavy atom. The van der Waals surface area contributed by atoms with Gasteiger partial charge in [0.1, 0.15) is 5.76 Å². The number of nitrogens with one attached hydrogen (secondary N) is 1. The van der Waals surface area contributed by atoms with E-state index in [-0.39, 0.29) is 23.3 Å². The Morgan fingerprint density at radius 2 is 2.35 bits per heavy atom. The van der Waals surface area contributed by atoms with Gasteiger partial charge >= 0.3 is 0 Å². The van der Waals surface area contributed by atoms with E-state index >= 15 is 0 Å². The first-order valence-corrected chi connectivity index (χ1v) is 9.63. The lowest BCUT2D eigenvalue weighted by Gasteiger charge is -2.08. The minimum Gasteiger partial charge on any atom is -0.468 e. The third-order valence-corrected chi connectivity index (χ3v) is 6.03. The third kappa shape index (κ3) is 4.86. The van der Waals surface area contributed by atoms with Gasteiger partial charge in [-0.2, -0.15) is 11.8 Å². The van der Waals surface area contributed by atoms with E-state index in [0.717, 1.165) is 23.7 Å². The highest BCUT2D eigenvalue weighted by atomic mass is 32.2. The smallest absolute Gasteiger partial charge is 0.224 e. The number of hydrogen-bond donors (Lipinski definition) is 1. The monoisotopic (exact) mass is 317 g/mol. The average Bonchev–Trinajstić information content (AvgIpc) is 3.02. The van der Waals surface area contributed by atoms with Gasteiger partial charge in [0.25, 0.3) is 0 Å². The van der Waals surface area contributed by atoms with Crippen LogP contribution in [0.5, 0.6) is 0 Å². The summed E-state index contributed by atoms with van der Waals surface area (Å²) in [5, 5.41) is 2.82. The van der Waals surface area contributed by atoms with Crippen LogP contribution in [-0.4, -0.2) is 38.1 Å². The molecule has 112 valence electrons. The van der Waals surface area contributed by atoms with Crippen molar-refractivity contribution in [1.29, 1.82) is 0 Å². The standard InChI is InChI=1S/C13H19NO4S2/c15-13(11-4-8-20(16,17)10-11)14-5-2-7-19-9-12-3-1-6-18-12/h1,3,6,11H,2,4-5,7-10H2,(H,14,15)/t11-/m0/s1. The van der Waals surface area contributed by atoms with Crippen LogP contribution < -0.4 is 5.32 Å². The van der Waals surface area contributed by atoms with E-state index in [1.165, 1.54) is 0 Å². The van der Waals surface area contributed by atoms with Crippen molar-refractivity contribution in [3.63, 3.8) is 0 Å². The molecule has 0 radical (unpaired) electrons. The van der Waals surface area contributed by atoms with Gasteiger partial charge in [0, 0.05) is 6.54 Å². The van der Waals surface area contributed by atoms with Crippen LogP contribution in [0.25, 0.3) is 0 Å². The fraction of sp³-hybridized carbons (Fsp3) is 0.615. The quantitative estimate of drug-likeness (QED) is 0.770. The molecule has 1 saturated heterocycles. The van der Waals surface area contributed by atoms with E-state index in [1.807, 2.05) is 12.1 Å². The number of amides is 1. The highest BCUT2D eigenvalue weighted by molar-refractivity contribution is 7.98. The Hall–Kier alpha value is -0.950. The largest absolute Gasteiger partial charge is 0.468 e. The first kappa shape index (κ1) is 15.4. The average molecular weight is 317 g/mol. The lowest BCUT2D eigenvalue weighted by atomic mass is 10.1. The summed E-state index contributed by atoms with van der Waals surface area (Å²) >= 11 is 1.75. The predicted molar refractivity (Wildman–Crippen MR) is 79.3 cm³/mol. The van der Waals surface area contributed by atoms with Crippen molar-refractivity contribution in [2.24, 2.45) is 5.92 Å². The third-order valence-electron chi connectivity index (χ3n) is 3.19. The van der Waals surface area contributed by atoms with Crippen LogP contribution in [0.3, 0.4) is 0 Å². The molecule has 20 heavy (non-hydrogen) atoms. The summed E-state index contributed by atoms with van der Waals surface area (Å²) in [5.41, 5.74) is 0. The Labute approximate surface area is 123 Å². The van der Waals surface area contributed by atoms with Crippen LogP contribution in [0.4, 0.5) is 0 Å². The summed E-state index contributed by atoms with van der Waals surface area (Å²) < 4.78 is 27.8. The minimum atomic E-state index is -2.98. The number of furan rings is 1. The van der Waals surface area contributed by atoms with Gasteiger partial charge in [-0.3, -0.25) is 4.79 Å². The maximum Gasteiger partial charge on any atom is 0.224 e. The molecule has 0 aromatic carbocycles. The van der Waals surface area contributed by atoms with Gasteiger partial charge in [-0.25, -0.2) is 8.42 Å². The SMILES string of the molecule is O=C(NCCCSCc1ccco1)[C@H]1CCS(=O)(=O)C1. The molecular formula is C13H19NO4S2. The van der Waals surface area contributed by atoms with Crippen molar-refractivity contribution >= 4 is 27.5 Å². The number of sulfone groups is 1. The van der Waals surface area contributed by atoms with Crippen molar-refractivity contribution in [3.8, 4) is 0 Å². The van der Waals surface area contributed by atoms with Gasteiger partial charge in [0.05, 0.1) is 29.4 Å². The lowest BCUT2D eigenvalue weighted by molar-refractivity contribution is -0.124. The molecule has 1 amide bonds. The molecular weight excluding hydrogens is 298 g/mol. The second-order valence-corrected chi connectivity index (χ2v) is 8.21. The van der Waals surface area contributed by atoms with Gasteiger partial charge in [-0.15, -0.1) is 0 Å². The zero-order chi connectivity index (χ0) is 14.4. The number of carbonyl (C=O) groups is 1. The Kier molecular flexibility index (Phi) is 5.54. The minimum absolute atomic E-state index is 0.00603. The zero-order valence-electron chi connectivity index (χ0n) is 11.2. The van der Waals surface area contributed by atoms with Gasteiger partial charge in [0.2, 0.25) is 5.91 Å². The highest BCUT2D eigenvalue weighted by Crippen LogP contribution is 2.18. The summed E-state index contributed by atoms with van der Waals surface area (Å²) in [6, 6.07) is 3.81. The van der Waals surface area contributed by atoms with Crippen LogP contribution in [-0.2, 0) is 20.4 Å². The molecule has 5 nitrogen and oxygen atoms in total. The van der Waals surface area contributed by atoms with Crippen molar-refractivity contribution in [1.82, 2.24) is 5.32 Å². The maximum absolute atomic E-state index is 11.8. The zero-order valence-corrected chi connectivity index (χ0v) is 12.8. The molecule has 2 heterocycles. The second kappa shape index (κ2) is 7.17. The van der Waals surface area contributed by atoms with Crippen LogP contribution >= 0.6 is 11.8 Å². The van der Waals surface area contributed by atoms with Crippen molar-refractivity contribution < 1.29 is 17.6 Å². The summed E-state index contributed by atoms with van der Waals surface area (Å²) in [7, 11) is -2.98. The summed E-state index contributed by atoms with van der Waals surface area (Å²) in [6.45, 7) is 0.598. The van der Waals surface area contributed by atoms with Gasteiger partial charge in [-0.05, 0) is 30.7 Å². The topological polar surface area (TPSA) is 76.4 Å². The van der Waals surface area contributed by atoms with Crippen LogP contribution in [0.2, 0.25) is 0 Å². The molecule has 1 aliphatic heterocycles. The van der Waals surface area contributed by atoms with Gasteiger partial charge in [0.15, 0.2) is 9.84 Å². The molecule has 0 unspecified atom stereocenters. The lowest BCUT2D eigenvalue weighted by Crippen LogP contribution is -2.32. The van der Waals surface area contributed by atoms with E-state index in [0.29, 0.717) is 13.0 Å². The molecule has 0 bridgehead atoms. The fourth-order valence-corrected chi connectivity index (χ4v) is 4.70. The molecule has 1 aromatic heterocycles. The maximum atomic E-state index is 11.8. The van der Waals surface area contributed by atoms with Crippen molar-refractivity contribution in [3.05, 3.63) is 24.2 Å². The number of thioether (sulfide) groups is 1. The summed E-state index contributed by atoms with van der Waals surface area (Å²) in [5.74, 6) is 2.40. The molecule has 1 atom stereocenters. The molecule has 7 heteroatoms. The van der Waals surface area contributed by atoms with E-state index in [2.05, 4.69) is 5.32 Å². The van der Waals surface area contributed by atoms with E-state index in [9.17, 15) is 13.2 Å². The Balaban J connectivity index is 1.54. The van der Waals surface area contributed by atoms with Crippen molar-refractivity contribution in [2.45, 2.75) is 18.6 Å². The number of hydrogen-bond acceptors (Lipinski definition) is 5. The van der Waals surface area contributed by atoms with E-state index < -0.39 is 9.84 Å². The number of carbonyl (C=O) groups excluding carboxylic acids is 1. The second-order valence-electron chi connectivity index (χ2n) is 4.88. The molecule has 0 saturated carbocycles. The van der Waals surface area contributed by atoms with Crippen LogP contribution in [0.15, 0.2) is 22.8 Å². The summed E-state index contributed by atoms with van der Waals surface area (Å²) in [6.07, 6.45) is 2.99. The van der Waals surface area contributed by atoms with Gasteiger partial charge < -0.3 is 9.73 Å². The molecule has 1 aliphatic rings. The predicted octanol–water partition coefficient (Wildman–Crippen LogP) is 1.45. The van der Waals surface area contributed by atoms with Crippen LogP contribution in [0.1, 0.15) is 18.6 Å². The van der Waals surface area contributed by atoms with E-state index in [1.54, 1.807) is 18.0 Å². The fourth-order valence-electron chi connectivity index (χ4n) is 2.10.